The maximum Gasteiger partial charge on any atom is 0.251 e. The predicted molar refractivity (Wildman–Crippen MR) is 98.3 cm³/mol. The molecule has 7 nitrogen and oxygen atoms in total. The third-order valence-corrected chi connectivity index (χ3v) is 4.32. The molecular formula is C17H16BrN5O2. The fourth-order valence-electron chi connectivity index (χ4n) is 2.37. The van der Waals surface area contributed by atoms with Crippen molar-refractivity contribution in [2.24, 2.45) is 0 Å². The summed E-state index contributed by atoms with van der Waals surface area (Å²) in [7, 11) is 0. The summed E-state index contributed by atoms with van der Waals surface area (Å²) in [5, 5.41) is 13.4. The van der Waals surface area contributed by atoms with Gasteiger partial charge in [0.1, 0.15) is 5.52 Å². The first-order chi connectivity index (χ1) is 12.1. The molecule has 1 aromatic heterocycles. The van der Waals surface area contributed by atoms with Crippen molar-refractivity contribution in [2.45, 2.75) is 13.5 Å². The number of fused-ring (bicyclic) bond motifs is 1. The number of benzene rings is 2. The Morgan fingerprint density at radius 3 is 2.76 bits per heavy atom. The number of rotatable bonds is 5. The Morgan fingerprint density at radius 2 is 2.00 bits per heavy atom. The summed E-state index contributed by atoms with van der Waals surface area (Å²) in [5.41, 5.74) is 2.60. The van der Waals surface area contributed by atoms with E-state index in [2.05, 4.69) is 36.9 Å². The number of nitrogens with zero attached hydrogens (tertiary/aromatic N) is 3. The van der Waals surface area contributed by atoms with Crippen molar-refractivity contribution >= 4 is 44.5 Å². The largest absolute Gasteiger partial charge is 0.343 e. The number of carbonyl (C=O) groups excluding carboxylic acids is 2. The Kier molecular flexibility index (Phi) is 5.08. The molecule has 0 radical (unpaired) electrons. The van der Waals surface area contributed by atoms with Gasteiger partial charge >= 0.3 is 0 Å². The normalized spacial score (nSPS) is 10.6. The second kappa shape index (κ2) is 7.43. The topological polar surface area (TPSA) is 88.9 Å². The van der Waals surface area contributed by atoms with E-state index in [0.717, 1.165) is 9.99 Å². The molecule has 3 aromatic rings. The van der Waals surface area contributed by atoms with E-state index >= 15 is 0 Å². The number of amides is 2. The minimum Gasteiger partial charge on any atom is -0.343 e. The molecule has 0 spiro atoms. The Balaban J connectivity index is 1.62. The average Bonchev–Trinajstić information content (AvgIpc) is 3.04. The number of carbonyl (C=O) groups is 2. The molecular weight excluding hydrogens is 386 g/mol. The van der Waals surface area contributed by atoms with Gasteiger partial charge in [0.25, 0.3) is 5.91 Å². The Labute approximate surface area is 152 Å². The number of nitrogens with one attached hydrogen (secondary N) is 2. The minimum absolute atomic E-state index is 0.125. The summed E-state index contributed by atoms with van der Waals surface area (Å²) in [6.45, 7) is 2.55. The van der Waals surface area contributed by atoms with Crippen LogP contribution in [0.1, 0.15) is 17.3 Å². The van der Waals surface area contributed by atoms with Crippen molar-refractivity contribution in [3.63, 3.8) is 0 Å². The number of aryl methyl sites for hydroxylation is 1. The van der Waals surface area contributed by atoms with Crippen molar-refractivity contribution < 1.29 is 9.59 Å². The molecule has 2 N–H and O–H groups in total. The third-order valence-electron chi connectivity index (χ3n) is 3.63. The highest BCUT2D eigenvalue weighted by Crippen LogP contribution is 2.20. The second-order valence-electron chi connectivity index (χ2n) is 5.32. The average molecular weight is 402 g/mol. The molecule has 1 heterocycles. The van der Waals surface area contributed by atoms with E-state index in [1.165, 1.54) is 0 Å². The monoisotopic (exact) mass is 401 g/mol. The Morgan fingerprint density at radius 1 is 1.20 bits per heavy atom. The van der Waals surface area contributed by atoms with Crippen molar-refractivity contribution in [3.8, 4) is 0 Å². The quantitative estimate of drug-likeness (QED) is 0.687. The lowest BCUT2D eigenvalue weighted by atomic mass is 10.2. The molecule has 0 aliphatic rings. The summed E-state index contributed by atoms with van der Waals surface area (Å²) >= 11 is 3.36. The number of hydrogen-bond acceptors (Lipinski definition) is 4. The van der Waals surface area contributed by atoms with Gasteiger partial charge in [-0.15, -0.1) is 5.10 Å². The number of anilines is 1. The van der Waals surface area contributed by atoms with Gasteiger partial charge in [-0.05, 0) is 53.2 Å². The molecule has 0 atom stereocenters. The Hall–Kier alpha value is -2.74. The van der Waals surface area contributed by atoms with Crippen molar-refractivity contribution in [3.05, 3.63) is 52.5 Å². The van der Waals surface area contributed by atoms with Crippen molar-refractivity contribution in [1.29, 1.82) is 0 Å². The van der Waals surface area contributed by atoms with Gasteiger partial charge in [0.2, 0.25) is 5.91 Å². The maximum absolute atomic E-state index is 12.2. The van der Waals surface area contributed by atoms with Crippen LogP contribution in [0.5, 0.6) is 0 Å². The maximum atomic E-state index is 12.2. The lowest BCUT2D eigenvalue weighted by Gasteiger charge is -2.08. The highest BCUT2D eigenvalue weighted by Gasteiger charge is 2.11. The fourth-order valence-corrected chi connectivity index (χ4v) is 2.75. The van der Waals surface area contributed by atoms with Crippen LogP contribution in [0.3, 0.4) is 0 Å². The van der Waals surface area contributed by atoms with E-state index in [0.29, 0.717) is 23.3 Å². The van der Waals surface area contributed by atoms with E-state index in [-0.39, 0.29) is 18.4 Å². The summed E-state index contributed by atoms with van der Waals surface area (Å²) in [6, 6.07) is 12.4. The summed E-state index contributed by atoms with van der Waals surface area (Å²) in [6.07, 6.45) is 0. The standard InChI is InChI=1S/C17H16BrN5O2/c1-2-23-15-8-7-11(9-14(15)21-22-23)17(25)19-10-16(24)20-13-6-4-3-5-12(13)18/h3-9H,2,10H2,1H3,(H,19,25)(H,20,24). The van der Waals surface area contributed by atoms with Crippen LogP contribution in [0.25, 0.3) is 11.0 Å². The summed E-state index contributed by atoms with van der Waals surface area (Å²) in [4.78, 5) is 24.2. The van der Waals surface area contributed by atoms with Gasteiger partial charge in [0, 0.05) is 16.6 Å². The molecule has 2 amide bonds. The summed E-state index contributed by atoms with van der Waals surface area (Å²) < 4.78 is 2.53. The van der Waals surface area contributed by atoms with E-state index in [1.54, 1.807) is 28.9 Å². The van der Waals surface area contributed by atoms with Crippen LogP contribution >= 0.6 is 15.9 Å². The SMILES string of the molecule is CCn1nnc2cc(C(=O)NCC(=O)Nc3ccccc3Br)ccc21. The van der Waals surface area contributed by atoms with E-state index in [4.69, 9.17) is 0 Å². The molecule has 0 aliphatic carbocycles. The van der Waals surface area contributed by atoms with Crippen LogP contribution in [0.15, 0.2) is 46.9 Å². The van der Waals surface area contributed by atoms with Gasteiger partial charge in [0.15, 0.2) is 0 Å². The highest BCUT2D eigenvalue weighted by molar-refractivity contribution is 9.10. The molecule has 128 valence electrons. The molecule has 0 saturated heterocycles. The number of aromatic nitrogens is 3. The first-order valence-corrected chi connectivity index (χ1v) is 8.53. The number of para-hydroxylation sites is 1. The molecule has 25 heavy (non-hydrogen) atoms. The highest BCUT2D eigenvalue weighted by atomic mass is 79.9. The molecule has 0 unspecified atom stereocenters. The number of hydrogen-bond donors (Lipinski definition) is 2. The van der Waals surface area contributed by atoms with Crippen LogP contribution in [0.2, 0.25) is 0 Å². The van der Waals surface area contributed by atoms with Gasteiger partial charge in [-0.25, -0.2) is 4.68 Å². The van der Waals surface area contributed by atoms with Gasteiger partial charge < -0.3 is 10.6 Å². The molecule has 0 fully saturated rings. The Bertz CT molecular complexity index is 938. The van der Waals surface area contributed by atoms with E-state index in [9.17, 15) is 9.59 Å². The van der Waals surface area contributed by atoms with Gasteiger partial charge in [-0.1, -0.05) is 17.3 Å². The lowest BCUT2D eigenvalue weighted by molar-refractivity contribution is -0.115. The molecule has 0 saturated carbocycles. The van der Waals surface area contributed by atoms with Crippen molar-refractivity contribution in [2.75, 3.05) is 11.9 Å². The smallest absolute Gasteiger partial charge is 0.251 e. The van der Waals surface area contributed by atoms with Crippen LogP contribution in [0.4, 0.5) is 5.69 Å². The molecule has 2 aromatic carbocycles. The van der Waals surface area contributed by atoms with E-state index in [1.807, 2.05) is 25.1 Å². The van der Waals surface area contributed by atoms with Crippen LogP contribution in [0, 0.1) is 0 Å². The third kappa shape index (κ3) is 3.85. The first kappa shape index (κ1) is 17.1. The van der Waals surface area contributed by atoms with Crippen LogP contribution < -0.4 is 10.6 Å². The second-order valence-corrected chi connectivity index (χ2v) is 6.17. The zero-order valence-electron chi connectivity index (χ0n) is 13.5. The van der Waals surface area contributed by atoms with Crippen molar-refractivity contribution in [1.82, 2.24) is 20.3 Å². The first-order valence-electron chi connectivity index (χ1n) is 7.74. The predicted octanol–water partition coefficient (Wildman–Crippen LogP) is 2.58. The molecule has 0 aliphatic heterocycles. The van der Waals surface area contributed by atoms with Gasteiger partial charge in [-0.2, -0.15) is 0 Å². The van der Waals surface area contributed by atoms with Crippen LogP contribution in [-0.4, -0.2) is 33.4 Å². The van der Waals surface area contributed by atoms with Gasteiger partial charge in [-0.3, -0.25) is 9.59 Å². The molecule has 8 heteroatoms. The zero-order chi connectivity index (χ0) is 17.8. The van der Waals surface area contributed by atoms with E-state index < -0.39 is 0 Å². The number of halogens is 1. The summed E-state index contributed by atoms with van der Waals surface area (Å²) in [5.74, 6) is -0.645. The van der Waals surface area contributed by atoms with Crippen LogP contribution in [-0.2, 0) is 11.3 Å². The molecule has 3 rings (SSSR count). The fraction of sp³-hybridized carbons (Fsp3) is 0.176. The lowest BCUT2D eigenvalue weighted by Crippen LogP contribution is -2.32. The van der Waals surface area contributed by atoms with Gasteiger partial charge in [0.05, 0.1) is 17.7 Å². The zero-order valence-corrected chi connectivity index (χ0v) is 15.1. The minimum atomic E-state index is -0.338. The molecule has 0 bridgehead atoms.